The molecule has 0 aromatic heterocycles. The third-order valence-electron chi connectivity index (χ3n) is 2.68. The van der Waals surface area contributed by atoms with Gasteiger partial charge in [0.15, 0.2) is 11.5 Å². The predicted molar refractivity (Wildman–Crippen MR) is 53.4 cm³/mol. The SMILES string of the molecule is OC1(c2c(Br)ccc3c2OCO3)CC1. The van der Waals surface area contributed by atoms with Gasteiger partial charge in [-0.3, -0.25) is 0 Å². The van der Waals surface area contributed by atoms with Crippen LogP contribution in [0.15, 0.2) is 16.6 Å². The monoisotopic (exact) mass is 256 g/mol. The first-order chi connectivity index (χ1) is 6.71. The van der Waals surface area contributed by atoms with Gasteiger partial charge < -0.3 is 14.6 Å². The molecule has 3 nitrogen and oxygen atoms in total. The molecule has 3 rings (SSSR count). The van der Waals surface area contributed by atoms with E-state index in [0.717, 1.165) is 28.6 Å². The summed E-state index contributed by atoms with van der Waals surface area (Å²) in [6, 6.07) is 3.74. The fraction of sp³-hybridized carbons (Fsp3) is 0.400. The Bertz CT molecular complexity index is 399. The zero-order chi connectivity index (χ0) is 9.76. The molecule has 1 aromatic carbocycles. The molecule has 74 valence electrons. The summed E-state index contributed by atoms with van der Waals surface area (Å²) in [7, 11) is 0. The highest BCUT2D eigenvalue weighted by molar-refractivity contribution is 9.10. The smallest absolute Gasteiger partial charge is 0.231 e. The normalized spacial score (nSPS) is 21.0. The minimum Gasteiger partial charge on any atom is -0.454 e. The van der Waals surface area contributed by atoms with Gasteiger partial charge in [0.05, 0.1) is 5.60 Å². The molecule has 1 N–H and O–H groups in total. The van der Waals surface area contributed by atoms with E-state index < -0.39 is 5.60 Å². The van der Waals surface area contributed by atoms with E-state index >= 15 is 0 Å². The largest absolute Gasteiger partial charge is 0.454 e. The highest BCUT2D eigenvalue weighted by Gasteiger charge is 2.47. The lowest BCUT2D eigenvalue weighted by Gasteiger charge is -2.13. The maximum Gasteiger partial charge on any atom is 0.231 e. The van der Waals surface area contributed by atoms with Crippen molar-refractivity contribution < 1.29 is 14.6 Å². The molecule has 0 radical (unpaired) electrons. The van der Waals surface area contributed by atoms with Gasteiger partial charge in [-0.1, -0.05) is 15.9 Å². The molecular weight excluding hydrogens is 248 g/mol. The summed E-state index contributed by atoms with van der Waals surface area (Å²) >= 11 is 3.43. The van der Waals surface area contributed by atoms with Crippen LogP contribution in [-0.4, -0.2) is 11.9 Å². The van der Waals surface area contributed by atoms with Crippen LogP contribution in [0.25, 0.3) is 0 Å². The van der Waals surface area contributed by atoms with E-state index in [9.17, 15) is 5.11 Å². The van der Waals surface area contributed by atoms with E-state index in [1.165, 1.54) is 0 Å². The molecule has 1 fully saturated rings. The molecule has 1 aliphatic heterocycles. The highest BCUT2D eigenvalue weighted by Crippen LogP contribution is 2.54. The number of rotatable bonds is 1. The van der Waals surface area contributed by atoms with Crippen molar-refractivity contribution in [2.75, 3.05) is 6.79 Å². The van der Waals surface area contributed by atoms with E-state index in [0.29, 0.717) is 5.75 Å². The molecule has 4 heteroatoms. The molecule has 1 heterocycles. The molecule has 0 unspecified atom stereocenters. The molecule has 0 atom stereocenters. The number of fused-ring (bicyclic) bond motifs is 1. The summed E-state index contributed by atoms with van der Waals surface area (Å²) in [6.45, 7) is 0.245. The Kier molecular flexibility index (Phi) is 1.61. The van der Waals surface area contributed by atoms with Gasteiger partial charge in [-0.05, 0) is 25.0 Å². The van der Waals surface area contributed by atoms with Gasteiger partial charge in [-0.2, -0.15) is 0 Å². The van der Waals surface area contributed by atoms with Crippen molar-refractivity contribution in [2.24, 2.45) is 0 Å². The summed E-state index contributed by atoms with van der Waals surface area (Å²) in [5.41, 5.74) is 0.144. The minimum absolute atomic E-state index is 0.245. The fourth-order valence-corrected chi connectivity index (χ4v) is 2.43. The predicted octanol–water partition coefficient (Wildman–Crippen LogP) is 2.16. The Hall–Kier alpha value is -0.740. The van der Waals surface area contributed by atoms with Crippen molar-refractivity contribution >= 4 is 15.9 Å². The number of hydrogen-bond donors (Lipinski definition) is 1. The summed E-state index contributed by atoms with van der Waals surface area (Å²) < 4.78 is 11.5. The van der Waals surface area contributed by atoms with E-state index in [-0.39, 0.29) is 6.79 Å². The van der Waals surface area contributed by atoms with E-state index in [2.05, 4.69) is 15.9 Å². The van der Waals surface area contributed by atoms with Gasteiger partial charge in [-0.25, -0.2) is 0 Å². The quantitative estimate of drug-likeness (QED) is 0.837. The van der Waals surface area contributed by atoms with Crippen molar-refractivity contribution in [1.29, 1.82) is 0 Å². The molecular formula is C10H9BrO3. The number of ether oxygens (including phenoxy) is 2. The second kappa shape index (κ2) is 2.64. The van der Waals surface area contributed by atoms with Crippen LogP contribution in [0.2, 0.25) is 0 Å². The minimum atomic E-state index is -0.697. The number of aliphatic hydroxyl groups is 1. The Morgan fingerprint density at radius 3 is 2.79 bits per heavy atom. The van der Waals surface area contributed by atoms with Gasteiger partial charge in [0, 0.05) is 10.0 Å². The molecule has 0 amide bonds. The Labute approximate surface area is 89.8 Å². The lowest BCUT2D eigenvalue weighted by molar-refractivity contribution is 0.139. The topological polar surface area (TPSA) is 38.7 Å². The van der Waals surface area contributed by atoms with Crippen molar-refractivity contribution in [3.05, 3.63) is 22.2 Å². The zero-order valence-corrected chi connectivity index (χ0v) is 9.00. The molecule has 1 aliphatic carbocycles. The molecule has 0 spiro atoms. The van der Waals surface area contributed by atoms with Crippen LogP contribution in [-0.2, 0) is 5.60 Å². The number of hydrogen-bond acceptors (Lipinski definition) is 3. The molecule has 14 heavy (non-hydrogen) atoms. The molecule has 2 aliphatic rings. The summed E-state index contributed by atoms with van der Waals surface area (Å²) in [5, 5.41) is 10.1. The summed E-state index contributed by atoms with van der Waals surface area (Å²) in [5.74, 6) is 1.42. The average Bonchev–Trinajstić information content (AvgIpc) is 2.74. The van der Waals surface area contributed by atoms with E-state index in [1.807, 2.05) is 12.1 Å². The summed E-state index contributed by atoms with van der Waals surface area (Å²) in [4.78, 5) is 0. The first-order valence-corrected chi connectivity index (χ1v) is 5.31. The standard InChI is InChI=1S/C10H9BrO3/c11-6-1-2-7-9(14-5-13-7)8(6)10(12)3-4-10/h1-2,12H,3-5H2. The van der Waals surface area contributed by atoms with Crippen molar-refractivity contribution in [3.63, 3.8) is 0 Å². The van der Waals surface area contributed by atoms with Crippen molar-refractivity contribution in [3.8, 4) is 11.5 Å². The Morgan fingerprint density at radius 1 is 1.29 bits per heavy atom. The molecule has 0 saturated heterocycles. The summed E-state index contributed by atoms with van der Waals surface area (Å²) in [6.07, 6.45) is 1.59. The maximum absolute atomic E-state index is 10.1. The lowest BCUT2D eigenvalue weighted by atomic mass is 10.1. The fourth-order valence-electron chi connectivity index (χ4n) is 1.75. The van der Waals surface area contributed by atoms with Crippen LogP contribution in [0.3, 0.4) is 0 Å². The van der Waals surface area contributed by atoms with Crippen molar-refractivity contribution in [2.45, 2.75) is 18.4 Å². The van der Waals surface area contributed by atoms with Gasteiger partial charge in [0.1, 0.15) is 0 Å². The van der Waals surface area contributed by atoms with Gasteiger partial charge >= 0.3 is 0 Å². The maximum atomic E-state index is 10.1. The Balaban J connectivity index is 2.21. The zero-order valence-electron chi connectivity index (χ0n) is 7.42. The second-order valence-corrected chi connectivity index (χ2v) is 4.54. The van der Waals surface area contributed by atoms with Crippen LogP contribution in [0.4, 0.5) is 0 Å². The average molecular weight is 257 g/mol. The van der Waals surface area contributed by atoms with Gasteiger partial charge in [0.2, 0.25) is 6.79 Å². The first-order valence-electron chi connectivity index (χ1n) is 4.52. The third-order valence-corrected chi connectivity index (χ3v) is 3.34. The lowest BCUT2D eigenvalue weighted by Crippen LogP contribution is -2.07. The third kappa shape index (κ3) is 1.07. The molecule has 0 bridgehead atoms. The van der Waals surface area contributed by atoms with Crippen LogP contribution in [0, 0.1) is 0 Å². The molecule has 1 saturated carbocycles. The van der Waals surface area contributed by atoms with Gasteiger partial charge in [-0.15, -0.1) is 0 Å². The van der Waals surface area contributed by atoms with E-state index in [4.69, 9.17) is 9.47 Å². The highest BCUT2D eigenvalue weighted by atomic mass is 79.9. The molecule has 1 aromatic rings. The van der Waals surface area contributed by atoms with Crippen molar-refractivity contribution in [1.82, 2.24) is 0 Å². The Morgan fingerprint density at radius 2 is 2.07 bits per heavy atom. The van der Waals surface area contributed by atoms with Crippen LogP contribution in [0.1, 0.15) is 18.4 Å². The first kappa shape index (κ1) is 8.56. The van der Waals surface area contributed by atoms with E-state index in [1.54, 1.807) is 0 Å². The number of halogens is 1. The van der Waals surface area contributed by atoms with Crippen LogP contribution < -0.4 is 9.47 Å². The van der Waals surface area contributed by atoms with Crippen LogP contribution in [0.5, 0.6) is 11.5 Å². The van der Waals surface area contributed by atoms with Gasteiger partial charge in [0.25, 0.3) is 0 Å². The number of benzene rings is 1. The second-order valence-electron chi connectivity index (χ2n) is 3.69. The van der Waals surface area contributed by atoms with Crippen LogP contribution >= 0.6 is 15.9 Å².